The summed E-state index contributed by atoms with van der Waals surface area (Å²) in [5.74, 6) is 0. The van der Waals surface area contributed by atoms with Crippen molar-refractivity contribution < 1.29 is 4.74 Å². The number of halogens is 1. The van der Waals surface area contributed by atoms with E-state index >= 15 is 0 Å². The van der Waals surface area contributed by atoms with E-state index in [0.29, 0.717) is 10.9 Å². The summed E-state index contributed by atoms with van der Waals surface area (Å²) in [5.41, 5.74) is 4.04. The Morgan fingerprint density at radius 1 is 1.40 bits per heavy atom. The van der Waals surface area contributed by atoms with Gasteiger partial charge in [0, 0.05) is 6.61 Å². The van der Waals surface area contributed by atoms with Crippen molar-refractivity contribution in [2.24, 2.45) is 0 Å². The summed E-state index contributed by atoms with van der Waals surface area (Å²) in [6.07, 6.45) is 2.72. The van der Waals surface area contributed by atoms with E-state index in [1.807, 2.05) is 0 Å². The van der Waals surface area contributed by atoms with E-state index in [4.69, 9.17) is 4.74 Å². The number of ether oxygens (including phenoxy) is 1. The molecule has 2 rings (SSSR count). The molecule has 1 nitrogen and oxygen atoms in total. The van der Waals surface area contributed by atoms with Crippen LogP contribution in [0.4, 0.5) is 0 Å². The van der Waals surface area contributed by atoms with Crippen LogP contribution in [0.15, 0.2) is 18.2 Å². The maximum absolute atomic E-state index is 5.71. The second-order valence-electron chi connectivity index (χ2n) is 4.31. The van der Waals surface area contributed by atoms with Crippen molar-refractivity contribution in [2.45, 2.75) is 37.6 Å². The van der Waals surface area contributed by atoms with E-state index in [2.05, 4.69) is 48.0 Å². The van der Waals surface area contributed by atoms with E-state index in [9.17, 15) is 0 Å². The van der Waals surface area contributed by atoms with Gasteiger partial charge in [-0.1, -0.05) is 39.7 Å². The maximum atomic E-state index is 5.71. The predicted molar refractivity (Wildman–Crippen MR) is 66.6 cm³/mol. The molecule has 82 valence electrons. The SMILES string of the molecule is Cc1ccc(C(Br)C2CCCO2)c(C)c1. The zero-order valence-electron chi connectivity index (χ0n) is 9.29. The lowest BCUT2D eigenvalue weighted by Crippen LogP contribution is -2.13. The van der Waals surface area contributed by atoms with Gasteiger partial charge in [0.2, 0.25) is 0 Å². The first kappa shape index (κ1) is 11.2. The number of rotatable bonds is 2. The average Bonchev–Trinajstić information content (AvgIpc) is 2.69. The van der Waals surface area contributed by atoms with Crippen molar-refractivity contribution in [1.82, 2.24) is 0 Å². The van der Waals surface area contributed by atoms with Gasteiger partial charge in [-0.25, -0.2) is 0 Å². The van der Waals surface area contributed by atoms with E-state index in [1.54, 1.807) is 0 Å². The van der Waals surface area contributed by atoms with Crippen molar-refractivity contribution in [3.8, 4) is 0 Å². The topological polar surface area (TPSA) is 9.23 Å². The van der Waals surface area contributed by atoms with Crippen LogP contribution in [0.25, 0.3) is 0 Å². The first-order valence-electron chi connectivity index (χ1n) is 5.51. The van der Waals surface area contributed by atoms with Gasteiger partial charge in [0.25, 0.3) is 0 Å². The molecule has 0 aromatic heterocycles. The molecule has 1 aromatic rings. The number of hydrogen-bond donors (Lipinski definition) is 0. The lowest BCUT2D eigenvalue weighted by molar-refractivity contribution is 0.110. The third-order valence-corrected chi connectivity index (χ3v) is 4.10. The zero-order chi connectivity index (χ0) is 10.8. The van der Waals surface area contributed by atoms with Gasteiger partial charge in [-0.15, -0.1) is 0 Å². The van der Waals surface area contributed by atoms with E-state index in [0.717, 1.165) is 6.61 Å². The Hall–Kier alpha value is -0.340. The van der Waals surface area contributed by atoms with Crippen molar-refractivity contribution in [3.63, 3.8) is 0 Å². The number of alkyl halides is 1. The highest BCUT2D eigenvalue weighted by molar-refractivity contribution is 9.09. The summed E-state index contributed by atoms with van der Waals surface area (Å²) >= 11 is 3.76. The maximum Gasteiger partial charge on any atom is 0.0741 e. The van der Waals surface area contributed by atoms with Crippen molar-refractivity contribution >= 4 is 15.9 Å². The van der Waals surface area contributed by atoms with Crippen LogP contribution < -0.4 is 0 Å². The Balaban J connectivity index is 2.20. The van der Waals surface area contributed by atoms with Gasteiger partial charge in [-0.05, 0) is 37.8 Å². The molecule has 2 unspecified atom stereocenters. The average molecular weight is 269 g/mol. The van der Waals surface area contributed by atoms with E-state index in [-0.39, 0.29) is 0 Å². The predicted octanol–water partition coefficient (Wildman–Crippen LogP) is 3.92. The van der Waals surface area contributed by atoms with Gasteiger partial charge in [-0.3, -0.25) is 0 Å². The zero-order valence-corrected chi connectivity index (χ0v) is 10.9. The van der Waals surface area contributed by atoms with Crippen LogP contribution in [0.5, 0.6) is 0 Å². The second-order valence-corrected chi connectivity index (χ2v) is 5.30. The minimum absolute atomic E-state index is 0.348. The summed E-state index contributed by atoms with van der Waals surface area (Å²) in [6.45, 7) is 5.22. The summed E-state index contributed by atoms with van der Waals surface area (Å²) in [7, 11) is 0. The largest absolute Gasteiger partial charge is 0.377 e. The fraction of sp³-hybridized carbons (Fsp3) is 0.538. The number of benzene rings is 1. The molecule has 0 amide bonds. The normalized spacial score (nSPS) is 23.0. The van der Waals surface area contributed by atoms with Gasteiger partial charge in [-0.2, -0.15) is 0 Å². The Morgan fingerprint density at radius 2 is 2.20 bits per heavy atom. The van der Waals surface area contributed by atoms with Crippen molar-refractivity contribution in [1.29, 1.82) is 0 Å². The van der Waals surface area contributed by atoms with Crippen LogP contribution in [-0.2, 0) is 4.74 Å². The van der Waals surface area contributed by atoms with Crippen LogP contribution in [0, 0.1) is 13.8 Å². The van der Waals surface area contributed by atoms with E-state index < -0.39 is 0 Å². The van der Waals surface area contributed by atoms with Crippen molar-refractivity contribution in [2.75, 3.05) is 6.61 Å². The molecule has 2 atom stereocenters. The molecule has 0 radical (unpaired) electrons. The third kappa shape index (κ3) is 2.43. The minimum Gasteiger partial charge on any atom is -0.377 e. The van der Waals surface area contributed by atoms with Gasteiger partial charge in [0.05, 0.1) is 10.9 Å². The summed E-state index contributed by atoms with van der Waals surface area (Å²) in [5, 5.41) is 0. The second kappa shape index (κ2) is 4.67. The van der Waals surface area contributed by atoms with Crippen LogP contribution >= 0.6 is 15.9 Å². The molecular formula is C13H17BrO. The molecule has 0 aliphatic carbocycles. The number of aryl methyl sites for hydroxylation is 2. The molecular weight excluding hydrogens is 252 g/mol. The fourth-order valence-electron chi connectivity index (χ4n) is 2.17. The molecule has 1 aliphatic heterocycles. The lowest BCUT2D eigenvalue weighted by Gasteiger charge is -2.19. The summed E-state index contributed by atoms with van der Waals surface area (Å²) in [4.78, 5) is 0.348. The van der Waals surface area contributed by atoms with Crippen LogP contribution in [0.2, 0.25) is 0 Å². The highest BCUT2D eigenvalue weighted by Crippen LogP contribution is 2.35. The van der Waals surface area contributed by atoms with E-state index in [1.165, 1.54) is 29.5 Å². The third-order valence-electron chi connectivity index (χ3n) is 3.01. The Kier molecular flexibility index (Phi) is 3.47. The molecule has 0 spiro atoms. The van der Waals surface area contributed by atoms with Gasteiger partial charge < -0.3 is 4.74 Å². The molecule has 15 heavy (non-hydrogen) atoms. The first-order valence-corrected chi connectivity index (χ1v) is 6.43. The molecule has 2 heteroatoms. The first-order chi connectivity index (χ1) is 7.18. The van der Waals surface area contributed by atoms with Gasteiger partial charge >= 0.3 is 0 Å². The standard InChI is InChI=1S/C13H17BrO/c1-9-5-6-11(10(2)8-9)13(14)12-4-3-7-15-12/h5-6,8,12-13H,3-4,7H2,1-2H3. The molecule has 1 fully saturated rings. The van der Waals surface area contributed by atoms with Crippen LogP contribution in [-0.4, -0.2) is 12.7 Å². The molecule has 0 N–H and O–H groups in total. The summed E-state index contributed by atoms with van der Waals surface area (Å²) in [6, 6.07) is 6.62. The number of hydrogen-bond acceptors (Lipinski definition) is 1. The monoisotopic (exact) mass is 268 g/mol. The van der Waals surface area contributed by atoms with Crippen LogP contribution in [0.1, 0.15) is 34.4 Å². The van der Waals surface area contributed by atoms with Crippen molar-refractivity contribution in [3.05, 3.63) is 34.9 Å². The Labute approximate surface area is 100.0 Å². The quantitative estimate of drug-likeness (QED) is 0.739. The smallest absolute Gasteiger partial charge is 0.0741 e. The Bertz CT molecular complexity index is 342. The molecule has 0 bridgehead atoms. The van der Waals surface area contributed by atoms with Gasteiger partial charge in [0.15, 0.2) is 0 Å². The highest BCUT2D eigenvalue weighted by atomic mass is 79.9. The highest BCUT2D eigenvalue weighted by Gasteiger charge is 2.25. The fourth-order valence-corrected chi connectivity index (χ4v) is 3.10. The molecule has 1 saturated heterocycles. The van der Waals surface area contributed by atoms with Gasteiger partial charge in [0.1, 0.15) is 0 Å². The van der Waals surface area contributed by atoms with Crippen LogP contribution in [0.3, 0.4) is 0 Å². The molecule has 1 heterocycles. The molecule has 1 aromatic carbocycles. The molecule has 0 saturated carbocycles. The molecule has 1 aliphatic rings. The minimum atomic E-state index is 0.348. The Morgan fingerprint density at radius 3 is 2.80 bits per heavy atom. The lowest BCUT2D eigenvalue weighted by atomic mass is 9.99. The summed E-state index contributed by atoms with van der Waals surface area (Å²) < 4.78 is 5.71.